The lowest BCUT2D eigenvalue weighted by atomic mass is 9.91. The maximum atomic E-state index is 12.2. The SMILES string of the molecule is COc1cccc([C@@H](C)NC(C)c2cc(-c3ccc(C)c(CCC(=O)OC(C)C)c3)c3ccccc3c2)c1. The molecule has 0 aliphatic rings. The summed E-state index contributed by atoms with van der Waals surface area (Å²) in [5, 5.41) is 6.20. The van der Waals surface area contributed by atoms with Gasteiger partial charge in [-0.15, -0.1) is 0 Å². The van der Waals surface area contributed by atoms with Gasteiger partial charge in [-0.3, -0.25) is 4.79 Å². The second kappa shape index (κ2) is 12.3. The Morgan fingerprint density at radius 2 is 1.61 bits per heavy atom. The van der Waals surface area contributed by atoms with Crippen LogP contribution in [0, 0.1) is 6.92 Å². The molecule has 1 unspecified atom stereocenters. The number of aryl methyl sites for hydroxylation is 2. The molecule has 2 atom stereocenters. The van der Waals surface area contributed by atoms with Crippen molar-refractivity contribution in [2.75, 3.05) is 7.11 Å². The zero-order valence-corrected chi connectivity index (χ0v) is 23.4. The fourth-order valence-corrected chi connectivity index (χ4v) is 4.97. The number of carbonyl (C=O) groups is 1. The van der Waals surface area contributed by atoms with Gasteiger partial charge in [0.15, 0.2) is 0 Å². The highest BCUT2D eigenvalue weighted by atomic mass is 16.5. The van der Waals surface area contributed by atoms with Crippen molar-refractivity contribution >= 4 is 16.7 Å². The van der Waals surface area contributed by atoms with Crippen molar-refractivity contribution in [3.63, 3.8) is 0 Å². The molecule has 0 amide bonds. The number of carbonyl (C=O) groups excluding carboxylic acids is 1. The Morgan fingerprint density at radius 1 is 0.842 bits per heavy atom. The Hall–Kier alpha value is -3.63. The summed E-state index contributed by atoms with van der Waals surface area (Å²) in [4.78, 5) is 12.2. The Labute approximate surface area is 227 Å². The van der Waals surface area contributed by atoms with Gasteiger partial charge < -0.3 is 14.8 Å². The molecule has 4 heteroatoms. The van der Waals surface area contributed by atoms with Crippen LogP contribution < -0.4 is 10.1 Å². The van der Waals surface area contributed by atoms with Crippen LogP contribution in [0.2, 0.25) is 0 Å². The van der Waals surface area contributed by atoms with E-state index in [2.05, 4.69) is 92.8 Å². The Kier molecular flexibility index (Phi) is 8.85. The number of benzene rings is 4. The molecule has 0 bridgehead atoms. The first-order valence-electron chi connectivity index (χ1n) is 13.5. The highest BCUT2D eigenvalue weighted by Gasteiger charge is 2.16. The van der Waals surface area contributed by atoms with Gasteiger partial charge in [-0.2, -0.15) is 0 Å². The van der Waals surface area contributed by atoms with E-state index < -0.39 is 0 Å². The maximum absolute atomic E-state index is 12.2. The third-order valence-electron chi connectivity index (χ3n) is 7.10. The molecule has 198 valence electrons. The molecule has 0 saturated carbocycles. The average Bonchev–Trinajstić information content (AvgIpc) is 2.91. The predicted molar refractivity (Wildman–Crippen MR) is 157 cm³/mol. The van der Waals surface area contributed by atoms with Crippen molar-refractivity contribution in [3.8, 4) is 16.9 Å². The number of nitrogens with one attached hydrogen (secondary N) is 1. The van der Waals surface area contributed by atoms with E-state index >= 15 is 0 Å². The van der Waals surface area contributed by atoms with Crippen LogP contribution in [-0.2, 0) is 16.0 Å². The van der Waals surface area contributed by atoms with Crippen molar-refractivity contribution in [1.82, 2.24) is 5.32 Å². The summed E-state index contributed by atoms with van der Waals surface area (Å²) in [6.45, 7) is 10.3. The number of esters is 1. The molecule has 0 aliphatic heterocycles. The maximum Gasteiger partial charge on any atom is 0.306 e. The molecule has 0 aromatic heterocycles. The summed E-state index contributed by atoms with van der Waals surface area (Å²) in [5.41, 5.74) is 7.15. The van der Waals surface area contributed by atoms with Crippen molar-refractivity contribution in [3.05, 3.63) is 101 Å². The van der Waals surface area contributed by atoms with Crippen molar-refractivity contribution < 1.29 is 14.3 Å². The minimum absolute atomic E-state index is 0.0914. The number of hydrogen-bond donors (Lipinski definition) is 1. The van der Waals surface area contributed by atoms with Crippen LogP contribution in [0.3, 0.4) is 0 Å². The number of ether oxygens (including phenoxy) is 2. The summed E-state index contributed by atoms with van der Waals surface area (Å²) in [7, 11) is 1.70. The number of hydrogen-bond acceptors (Lipinski definition) is 4. The molecule has 4 nitrogen and oxygen atoms in total. The fraction of sp³-hybridized carbons (Fsp3) is 0.324. The molecule has 0 spiro atoms. The van der Waals surface area contributed by atoms with Gasteiger partial charge >= 0.3 is 5.97 Å². The van der Waals surface area contributed by atoms with Gasteiger partial charge in [0.1, 0.15) is 5.75 Å². The molecule has 4 rings (SSSR count). The quantitative estimate of drug-likeness (QED) is 0.219. The van der Waals surface area contributed by atoms with E-state index in [0.29, 0.717) is 12.8 Å². The van der Waals surface area contributed by atoms with Crippen molar-refractivity contribution in [1.29, 1.82) is 0 Å². The zero-order valence-electron chi connectivity index (χ0n) is 23.4. The molecule has 4 aromatic rings. The Morgan fingerprint density at radius 3 is 2.37 bits per heavy atom. The molecule has 1 N–H and O–H groups in total. The second-order valence-corrected chi connectivity index (χ2v) is 10.4. The van der Waals surface area contributed by atoms with Gasteiger partial charge in [-0.1, -0.05) is 54.6 Å². The van der Waals surface area contributed by atoms with E-state index in [1.54, 1.807) is 7.11 Å². The summed E-state index contributed by atoms with van der Waals surface area (Å²) < 4.78 is 10.8. The Balaban J connectivity index is 1.64. The van der Waals surface area contributed by atoms with Gasteiger partial charge in [0.25, 0.3) is 0 Å². The third-order valence-corrected chi connectivity index (χ3v) is 7.10. The molecular formula is C34H39NO3. The normalized spacial score (nSPS) is 12.9. The number of fused-ring (bicyclic) bond motifs is 1. The van der Waals surface area contributed by atoms with Gasteiger partial charge in [-0.25, -0.2) is 0 Å². The first kappa shape index (κ1) is 27.4. The zero-order chi connectivity index (χ0) is 27.2. The summed E-state index contributed by atoms with van der Waals surface area (Å²) in [6, 6.07) is 28.2. The largest absolute Gasteiger partial charge is 0.497 e. The topological polar surface area (TPSA) is 47.6 Å². The van der Waals surface area contributed by atoms with E-state index in [4.69, 9.17) is 9.47 Å². The van der Waals surface area contributed by atoms with Crippen LogP contribution in [0.5, 0.6) is 5.75 Å². The molecule has 0 aliphatic carbocycles. The van der Waals surface area contributed by atoms with E-state index in [1.165, 1.54) is 38.6 Å². The van der Waals surface area contributed by atoms with Crippen molar-refractivity contribution in [2.45, 2.75) is 65.6 Å². The summed E-state index contributed by atoms with van der Waals surface area (Å²) >= 11 is 0. The van der Waals surface area contributed by atoms with Crippen LogP contribution in [0.25, 0.3) is 21.9 Å². The lowest BCUT2D eigenvalue weighted by Crippen LogP contribution is -2.22. The van der Waals surface area contributed by atoms with Crippen LogP contribution in [0.4, 0.5) is 0 Å². The molecule has 38 heavy (non-hydrogen) atoms. The monoisotopic (exact) mass is 509 g/mol. The smallest absolute Gasteiger partial charge is 0.306 e. The minimum Gasteiger partial charge on any atom is -0.497 e. The molecular weight excluding hydrogens is 470 g/mol. The molecule has 0 heterocycles. The Bertz CT molecular complexity index is 1410. The lowest BCUT2D eigenvalue weighted by Gasteiger charge is -2.23. The minimum atomic E-state index is -0.151. The molecule has 0 saturated heterocycles. The highest BCUT2D eigenvalue weighted by Crippen LogP contribution is 2.34. The van der Waals surface area contributed by atoms with Crippen LogP contribution in [0.15, 0.2) is 78.9 Å². The van der Waals surface area contributed by atoms with E-state index in [9.17, 15) is 4.79 Å². The van der Waals surface area contributed by atoms with E-state index in [-0.39, 0.29) is 24.2 Å². The fourth-order valence-electron chi connectivity index (χ4n) is 4.97. The highest BCUT2D eigenvalue weighted by molar-refractivity contribution is 5.97. The molecule has 0 radical (unpaired) electrons. The van der Waals surface area contributed by atoms with Gasteiger partial charge in [0.05, 0.1) is 13.2 Å². The number of rotatable bonds is 10. The van der Waals surface area contributed by atoms with Gasteiger partial charge in [0.2, 0.25) is 0 Å². The van der Waals surface area contributed by atoms with Gasteiger partial charge in [0, 0.05) is 18.5 Å². The standard InChI is InChI=1S/C34H39NO3/c1-22(2)38-34(36)17-16-26-18-29(15-14-23(26)3)33-21-30(19-28-10-7-8-13-32(28)33)25(5)35-24(4)27-11-9-12-31(20-27)37-6/h7-15,18-22,24-25,35H,16-17H2,1-6H3/t24-,25?/m1/s1. The summed E-state index contributed by atoms with van der Waals surface area (Å²) in [5.74, 6) is 0.715. The lowest BCUT2D eigenvalue weighted by molar-refractivity contribution is -0.147. The van der Waals surface area contributed by atoms with E-state index in [0.717, 1.165) is 11.3 Å². The van der Waals surface area contributed by atoms with Gasteiger partial charge in [-0.05, 0) is 109 Å². The summed E-state index contributed by atoms with van der Waals surface area (Å²) in [6.07, 6.45) is 0.955. The van der Waals surface area contributed by atoms with Crippen LogP contribution >= 0.6 is 0 Å². The van der Waals surface area contributed by atoms with Crippen LogP contribution in [-0.4, -0.2) is 19.2 Å². The first-order chi connectivity index (χ1) is 18.2. The van der Waals surface area contributed by atoms with Crippen LogP contribution in [0.1, 0.15) is 68.5 Å². The van der Waals surface area contributed by atoms with E-state index in [1.807, 2.05) is 26.0 Å². The predicted octanol–water partition coefficient (Wildman–Crippen LogP) is 8.12. The molecule has 0 fully saturated rings. The molecule has 4 aromatic carbocycles. The van der Waals surface area contributed by atoms with Crippen molar-refractivity contribution in [2.24, 2.45) is 0 Å². The third kappa shape index (κ3) is 6.62. The number of methoxy groups -OCH3 is 1. The average molecular weight is 510 g/mol. The first-order valence-corrected chi connectivity index (χ1v) is 13.5. The second-order valence-electron chi connectivity index (χ2n) is 10.4.